The highest BCUT2D eigenvalue weighted by molar-refractivity contribution is 6.15. The van der Waals surface area contributed by atoms with Crippen LogP contribution in [-0.2, 0) is 0 Å². The monoisotopic (exact) mass is 731 g/mol. The van der Waals surface area contributed by atoms with Gasteiger partial charge >= 0.3 is 0 Å². The molecule has 0 bridgehead atoms. The molecule has 0 aliphatic heterocycles. The van der Waals surface area contributed by atoms with Crippen molar-refractivity contribution in [1.82, 2.24) is 15.0 Å². The Kier molecular flexibility index (Phi) is 6.83. The highest BCUT2D eigenvalue weighted by Gasteiger charge is 2.20. The molecule has 12 rings (SSSR count). The summed E-state index contributed by atoms with van der Waals surface area (Å²) in [5.74, 6) is 1.71. The minimum atomic E-state index is 0.554. The van der Waals surface area contributed by atoms with E-state index in [0.29, 0.717) is 17.5 Å². The second-order valence-corrected chi connectivity index (χ2v) is 14.3. The lowest BCUT2D eigenvalue weighted by Gasteiger charge is -2.12. The van der Waals surface area contributed by atoms with Gasteiger partial charge in [0.1, 0.15) is 33.5 Å². The Bertz CT molecular complexity index is 3540. The molecule has 0 amide bonds. The van der Waals surface area contributed by atoms with Crippen molar-refractivity contribution in [1.29, 1.82) is 0 Å². The number of hydrogen-bond donors (Lipinski definition) is 0. The van der Waals surface area contributed by atoms with Crippen molar-refractivity contribution >= 4 is 65.8 Å². The van der Waals surface area contributed by atoms with Crippen LogP contribution in [-0.4, -0.2) is 15.0 Å². The van der Waals surface area contributed by atoms with Gasteiger partial charge in [-0.15, -0.1) is 0 Å². The predicted molar refractivity (Wildman–Crippen MR) is 229 cm³/mol. The zero-order chi connectivity index (χ0) is 37.5. The van der Waals surface area contributed by atoms with Crippen LogP contribution in [0.2, 0.25) is 0 Å². The molecule has 0 radical (unpaired) electrons. The van der Waals surface area contributed by atoms with Crippen LogP contribution in [0.3, 0.4) is 0 Å². The molecule has 0 N–H and O–H groups in total. The zero-order valence-corrected chi connectivity index (χ0v) is 30.3. The van der Waals surface area contributed by atoms with Crippen molar-refractivity contribution in [3.63, 3.8) is 0 Å². The molecule has 0 fully saturated rings. The van der Waals surface area contributed by atoms with Crippen molar-refractivity contribution in [3.05, 3.63) is 176 Å². The second kappa shape index (κ2) is 12.3. The number of rotatable bonds is 5. The Balaban J connectivity index is 1.02. The molecular weight excluding hydrogens is 703 g/mol. The van der Waals surface area contributed by atoms with Crippen LogP contribution in [0.1, 0.15) is 0 Å². The van der Waals surface area contributed by atoms with Crippen LogP contribution in [0.4, 0.5) is 0 Å². The summed E-state index contributed by atoms with van der Waals surface area (Å²) in [6.45, 7) is 0. The van der Waals surface area contributed by atoms with Gasteiger partial charge in [-0.3, -0.25) is 0 Å². The number of furan rings is 3. The largest absolute Gasteiger partial charge is 0.456 e. The molecule has 0 unspecified atom stereocenters. The molecule has 266 valence electrons. The molecule has 0 spiro atoms. The number of benzene rings is 8. The third-order valence-corrected chi connectivity index (χ3v) is 11.0. The van der Waals surface area contributed by atoms with Gasteiger partial charge in [0.15, 0.2) is 17.5 Å². The van der Waals surface area contributed by atoms with Gasteiger partial charge < -0.3 is 13.3 Å². The van der Waals surface area contributed by atoms with Crippen molar-refractivity contribution in [2.45, 2.75) is 0 Å². The Hall–Kier alpha value is -7.83. The summed E-state index contributed by atoms with van der Waals surface area (Å²) in [7, 11) is 0. The maximum atomic E-state index is 6.65. The third kappa shape index (κ3) is 5.01. The third-order valence-electron chi connectivity index (χ3n) is 11.0. The van der Waals surface area contributed by atoms with Gasteiger partial charge in [-0.05, 0) is 70.8 Å². The number of para-hydroxylation sites is 2. The van der Waals surface area contributed by atoms with Crippen LogP contribution in [0.25, 0.3) is 122 Å². The summed E-state index contributed by atoms with van der Waals surface area (Å²) in [5.41, 5.74) is 12.0. The van der Waals surface area contributed by atoms with Gasteiger partial charge in [-0.2, -0.15) is 0 Å². The maximum absolute atomic E-state index is 6.65. The zero-order valence-electron chi connectivity index (χ0n) is 30.3. The molecule has 6 nitrogen and oxygen atoms in total. The quantitative estimate of drug-likeness (QED) is 0.175. The highest BCUT2D eigenvalue weighted by atomic mass is 16.3. The molecule has 4 aromatic heterocycles. The Morgan fingerprint density at radius 2 is 0.789 bits per heavy atom. The number of fused-ring (bicyclic) bond motifs is 9. The molecule has 6 heteroatoms. The normalized spacial score (nSPS) is 11.9. The summed E-state index contributed by atoms with van der Waals surface area (Å²) in [6.07, 6.45) is 0. The fraction of sp³-hybridized carbons (Fsp3) is 0. The minimum absolute atomic E-state index is 0.554. The fourth-order valence-electron chi connectivity index (χ4n) is 8.36. The molecule has 0 saturated carbocycles. The first-order valence-electron chi connectivity index (χ1n) is 18.9. The van der Waals surface area contributed by atoms with Gasteiger partial charge in [0, 0.05) is 49.0 Å². The molecule has 0 saturated heterocycles. The van der Waals surface area contributed by atoms with E-state index < -0.39 is 0 Å². The molecule has 4 heterocycles. The van der Waals surface area contributed by atoms with E-state index in [-0.39, 0.29) is 0 Å². The van der Waals surface area contributed by atoms with E-state index in [0.717, 1.165) is 105 Å². The van der Waals surface area contributed by atoms with Gasteiger partial charge in [0.25, 0.3) is 0 Å². The summed E-state index contributed by atoms with van der Waals surface area (Å²) in [5, 5.41) is 6.28. The van der Waals surface area contributed by atoms with Crippen molar-refractivity contribution in [3.8, 4) is 56.4 Å². The number of aromatic nitrogens is 3. The van der Waals surface area contributed by atoms with E-state index in [2.05, 4.69) is 91.0 Å². The molecule has 57 heavy (non-hydrogen) atoms. The van der Waals surface area contributed by atoms with Crippen LogP contribution in [0, 0.1) is 0 Å². The van der Waals surface area contributed by atoms with E-state index >= 15 is 0 Å². The van der Waals surface area contributed by atoms with Crippen LogP contribution in [0.15, 0.2) is 189 Å². The van der Waals surface area contributed by atoms with E-state index in [4.69, 9.17) is 28.2 Å². The first-order chi connectivity index (χ1) is 28.2. The summed E-state index contributed by atoms with van der Waals surface area (Å²) < 4.78 is 19.0. The molecule has 0 atom stereocenters. The van der Waals surface area contributed by atoms with E-state index in [1.807, 2.05) is 84.9 Å². The van der Waals surface area contributed by atoms with Gasteiger partial charge in [-0.25, -0.2) is 15.0 Å². The van der Waals surface area contributed by atoms with Crippen molar-refractivity contribution < 1.29 is 13.3 Å². The average molecular weight is 732 g/mol. The van der Waals surface area contributed by atoms with Gasteiger partial charge in [0.05, 0.1) is 0 Å². The fourth-order valence-corrected chi connectivity index (χ4v) is 8.36. The Morgan fingerprint density at radius 3 is 1.61 bits per heavy atom. The first kappa shape index (κ1) is 31.5. The van der Waals surface area contributed by atoms with Gasteiger partial charge in [0.2, 0.25) is 0 Å². The Labute approximate surface area is 325 Å². The summed E-state index contributed by atoms with van der Waals surface area (Å²) in [6, 6.07) is 59.9. The second-order valence-electron chi connectivity index (χ2n) is 14.3. The number of nitrogens with zero attached hydrogens (tertiary/aromatic N) is 3. The van der Waals surface area contributed by atoms with Crippen LogP contribution in [0.5, 0.6) is 0 Å². The average Bonchev–Trinajstić information content (AvgIpc) is 3.97. The lowest BCUT2D eigenvalue weighted by atomic mass is 9.91. The molecule has 8 aromatic carbocycles. The lowest BCUT2D eigenvalue weighted by molar-refractivity contribution is 0.668. The first-order valence-corrected chi connectivity index (χ1v) is 18.9. The Morgan fingerprint density at radius 1 is 0.263 bits per heavy atom. The van der Waals surface area contributed by atoms with E-state index in [9.17, 15) is 0 Å². The number of hydrogen-bond acceptors (Lipinski definition) is 6. The maximum Gasteiger partial charge on any atom is 0.164 e. The minimum Gasteiger partial charge on any atom is -0.456 e. The smallest absolute Gasteiger partial charge is 0.164 e. The summed E-state index contributed by atoms with van der Waals surface area (Å²) in [4.78, 5) is 15.2. The van der Waals surface area contributed by atoms with Crippen LogP contribution < -0.4 is 0 Å². The van der Waals surface area contributed by atoms with E-state index in [1.54, 1.807) is 0 Å². The van der Waals surface area contributed by atoms with Gasteiger partial charge in [-0.1, -0.05) is 127 Å². The lowest BCUT2D eigenvalue weighted by Crippen LogP contribution is -2.00. The topological polar surface area (TPSA) is 78.1 Å². The molecular formula is C51H29N3O3. The molecule has 12 aromatic rings. The van der Waals surface area contributed by atoms with E-state index in [1.165, 1.54) is 0 Å². The van der Waals surface area contributed by atoms with Crippen molar-refractivity contribution in [2.75, 3.05) is 0 Å². The highest BCUT2D eigenvalue weighted by Crippen LogP contribution is 2.43. The van der Waals surface area contributed by atoms with Crippen molar-refractivity contribution in [2.24, 2.45) is 0 Å². The standard InChI is InChI=1S/C51H29N3O3/c1-2-12-30(13-3-1)49-52-50(54-51(53-49)39-19-11-23-45-48(39)37-17-7-9-21-42(37)56-45)32-24-26-38-46(29-32)57-44-22-10-18-36(47(38)44)34-15-5-4-14-33(34)31-25-27-43-40(28-31)35-16-6-8-20-41(35)55-43/h1-29H. The van der Waals surface area contributed by atoms with Crippen LogP contribution >= 0.6 is 0 Å². The SMILES string of the molecule is c1ccc(-c2nc(-c3ccc4c(c3)oc3cccc(-c5ccccc5-c5ccc6oc7ccccc7c6c5)c34)nc(-c3cccc4oc5ccccc5c34)n2)cc1. The molecule has 0 aliphatic carbocycles. The molecule has 0 aliphatic rings. The summed E-state index contributed by atoms with van der Waals surface area (Å²) >= 11 is 0. The predicted octanol–water partition coefficient (Wildman–Crippen LogP) is 13.9.